The van der Waals surface area contributed by atoms with Crippen LogP contribution < -0.4 is 11.3 Å². The molecule has 112 valence electrons. The Hall–Kier alpha value is -0.860. The van der Waals surface area contributed by atoms with Crippen LogP contribution >= 0.6 is 0 Å². The summed E-state index contributed by atoms with van der Waals surface area (Å²) < 4.78 is 0. The van der Waals surface area contributed by atoms with Crippen LogP contribution in [-0.2, 0) is 11.8 Å². The fourth-order valence-corrected chi connectivity index (χ4v) is 3.29. The van der Waals surface area contributed by atoms with Crippen molar-refractivity contribution in [2.75, 3.05) is 0 Å². The summed E-state index contributed by atoms with van der Waals surface area (Å²) in [7, 11) is 0. The van der Waals surface area contributed by atoms with Crippen LogP contribution in [0.2, 0.25) is 0 Å². The van der Waals surface area contributed by atoms with Crippen LogP contribution in [-0.4, -0.2) is 6.04 Å². The minimum absolute atomic E-state index is 0.230. The Labute approximate surface area is 124 Å². The van der Waals surface area contributed by atoms with Gasteiger partial charge in [0.05, 0.1) is 0 Å². The summed E-state index contributed by atoms with van der Waals surface area (Å²) >= 11 is 0. The van der Waals surface area contributed by atoms with Gasteiger partial charge in [-0.25, -0.2) is 0 Å². The number of hydrazine groups is 1. The Morgan fingerprint density at radius 2 is 1.70 bits per heavy atom. The molecule has 1 unspecified atom stereocenters. The highest BCUT2D eigenvalue weighted by atomic mass is 15.2. The molecule has 0 bridgehead atoms. The Bertz CT molecular complexity index is 396. The van der Waals surface area contributed by atoms with Gasteiger partial charge in [-0.05, 0) is 41.7 Å². The van der Waals surface area contributed by atoms with E-state index in [-0.39, 0.29) is 5.41 Å². The molecule has 1 saturated carbocycles. The average molecular weight is 274 g/mol. The van der Waals surface area contributed by atoms with E-state index in [1.165, 1.54) is 43.2 Å². The number of hydrogen-bond acceptors (Lipinski definition) is 2. The highest BCUT2D eigenvalue weighted by Crippen LogP contribution is 2.28. The molecule has 1 fully saturated rings. The van der Waals surface area contributed by atoms with Crippen molar-refractivity contribution in [2.45, 2.75) is 70.8 Å². The minimum Gasteiger partial charge on any atom is -0.271 e. The summed E-state index contributed by atoms with van der Waals surface area (Å²) in [6.45, 7) is 6.77. The molecule has 1 aliphatic rings. The molecule has 2 heteroatoms. The van der Waals surface area contributed by atoms with Crippen LogP contribution in [0.5, 0.6) is 0 Å². The van der Waals surface area contributed by atoms with Crippen LogP contribution in [0.15, 0.2) is 24.3 Å². The summed E-state index contributed by atoms with van der Waals surface area (Å²) in [5.74, 6) is 6.55. The first-order valence-electron chi connectivity index (χ1n) is 8.06. The van der Waals surface area contributed by atoms with Crippen LogP contribution in [0.1, 0.15) is 64.0 Å². The average Bonchev–Trinajstić information content (AvgIpc) is 2.45. The summed E-state index contributed by atoms with van der Waals surface area (Å²) in [5.41, 5.74) is 6.09. The van der Waals surface area contributed by atoms with Gasteiger partial charge in [0.2, 0.25) is 0 Å². The van der Waals surface area contributed by atoms with Gasteiger partial charge in [0.25, 0.3) is 0 Å². The van der Waals surface area contributed by atoms with E-state index in [2.05, 4.69) is 50.5 Å². The Morgan fingerprint density at radius 3 is 2.20 bits per heavy atom. The van der Waals surface area contributed by atoms with Gasteiger partial charge in [-0.15, -0.1) is 0 Å². The van der Waals surface area contributed by atoms with Crippen LogP contribution in [0.25, 0.3) is 0 Å². The van der Waals surface area contributed by atoms with E-state index in [1.807, 2.05) is 0 Å². The molecule has 0 aromatic heterocycles. The zero-order valence-corrected chi connectivity index (χ0v) is 13.3. The fraction of sp³-hybridized carbons (Fsp3) is 0.667. The fourth-order valence-electron chi connectivity index (χ4n) is 3.29. The molecule has 1 aliphatic carbocycles. The molecule has 1 atom stereocenters. The molecule has 0 aliphatic heterocycles. The van der Waals surface area contributed by atoms with Crippen LogP contribution in [0.4, 0.5) is 0 Å². The number of nitrogens with one attached hydrogen (secondary N) is 1. The maximum atomic E-state index is 5.80. The second-order valence-electron chi connectivity index (χ2n) is 7.32. The van der Waals surface area contributed by atoms with E-state index in [4.69, 9.17) is 5.84 Å². The van der Waals surface area contributed by atoms with Gasteiger partial charge in [0, 0.05) is 6.04 Å². The Morgan fingerprint density at radius 1 is 1.10 bits per heavy atom. The molecule has 1 aromatic rings. The molecule has 3 N–H and O–H groups in total. The lowest BCUT2D eigenvalue weighted by Gasteiger charge is -2.30. The second kappa shape index (κ2) is 6.73. The minimum atomic E-state index is 0.230. The molecule has 0 saturated heterocycles. The quantitative estimate of drug-likeness (QED) is 0.644. The molecule has 2 nitrogen and oxygen atoms in total. The topological polar surface area (TPSA) is 38.0 Å². The lowest BCUT2D eigenvalue weighted by molar-refractivity contribution is 0.268. The lowest BCUT2D eigenvalue weighted by Crippen LogP contribution is -2.43. The summed E-state index contributed by atoms with van der Waals surface area (Å²) in [4.78, 5) is 0. The molecule has 0 heterocycles. The van der Waals surface area contributed by atoms with Crippen LogP contribution in [0.3, 0.4) is 0 Å². The molecule has 0 spiro atoms. The van der Waals surface area contributed by atoms with Gasteiger partial charge < -0.3 is 0 Å². The Balaban J connectivity index is 2.00. The first kappa shape index (κ1) is 15.5. The van der Waals surface area contributed by atoms with Crippen molar-refractivity contribution in [3.63, 3.8) is 0 Å². The molecule has 0 radical (unpaired) electrons. The molecule has 0 amide bonds. The Kier molecular flexibility index (Phi) is 5.22. The standard InChI is InChI=1S/C18H30N2/c1-18(2,3)16-11-9-14(10-12-16)13-17(20-19)15-7-5-4-6-8-15/h9-12,15,17,20H,4-8,13,19H2,1-3H3. The predicted octanol–water partition coefficient (Wildman–Crippen LogP) is 3.94. The normalized spacial score (nSPS) is 19.0. The van der Waals surface area contributed by atoms with Crippen molar-refractivity contribution in [2.24, 2.45) is 11.8 Å². The molecule has 1 aromatic carbocycles. The van der Waals surface area contributed by atoms with E-state index in [0.717, 1.165) is 12.3 Å². The number of hydrogen-bond donors (Lipinski definition) is 2. The zero-order valence-electron chi connectivity index (χ0n) is 13.3. The van der Waals surface area contributed by atoms with Crippen molar-refractivity contribution in [1.82, 2.24) is 5.43 Å². The predicted molar refractivity (Wildman–Crippen MR) is 86.5 cm³/mol. The van der Waals surface area contributed by atoms with Crippen molar-refractivity contribution >= 4 is 0 Å². The van der Waals surface area contributed by atoms with Gasteiger partial charge in [0.1, 0.15) is 0 Å². The maximum Gasteiger partial charge on any atom is 0.0279 e. The molecule has 20 heavy (non-hydrogen) atoms. The van der Waals surface area contributed by atoms with Gasteiger partial charge in [0.15, 0.2) is 0 Å². The third-order valence-electron chi connectivity index (χ3n) is 4.71. The van der Waals surface area contributed by atoms with Crippen LogP contribution in [0, 0.1) is 5.92 Å². The highest BCUT2D eigenvalue weighted by molar-refractivity contribution is 5.28. The number of nitrogens with two attached hydrogens (primary N) is 1. The van der Waals surface area contributed by atoms with Gasteiger partial charge in [-0.2, -0.15) is 0 Å². The largest absolute Gasteiger partial charge is 0.271 e. The van der Waals surface area contributed by atoms with Gasteiger partial charge in [-0.3, -0.25) is 11.3 Å². The first-order valence-corrected chi connectivity index (χ1v) is 8.06. The number of rotatable bonds is 4. The second-order valence-corrected chi connectivity index (χ2v) is 7.32. The smallest absolute Gasteiger partial charge is 0.0279 e. The first-order chi connectivity index (χ1) is 9.50. The zero-order chi connectivity index (χ0) is 14.6. The van der Waals surface area contributed by atoms with E-state index < -0.39 is 0 Å². The number of benzene rings is 1. The summed E-state index contributed by atoms with van der Waals surface area (Å²) in [5, 5.41) is 0. The summed E-state index contributed by atoms with van der Waals surface area (Å²) in [6.07, 6.45) is 7.83. The van der Waals surface area contributed by atoms with Gasteiger partial charge in [-0.1, -0.05) is 64.3 Å². The third-order valence-corrected chi connectivity index (χ3v) is 4.71. The molecule has 2 rings (SSSR count). The summed E-state index contributed by atoms with van der Waals surface area (Å²) in [6, 6.07) is 9.51. The lowest BCUT2D eigenvalue weighted by atomic mass is 9.81. The van der Waals surface area contributed by atoms with Crippen molar-refractivity contribution in [3.05, 3.63) is 35.4 Å². The van der Waals surface area contributed by atoms with E-state index >= 15 is 0 Å². The van der Waals surface area contributed by atoms with E-state index in [1.54, 1.807) is 0 Å². The van der Waals surface area contributed by atoms with Crippen molar-refractivity contribution < 1.29 is 0 Å². The SMILES string of the molecule is CC(C)(C)c1ccc(CC(NN)C2CCCCC2)cc1. The van der Waals surface area contributed by atoms with Gasteiger partial charge >= 0.3 is 0 Å². The molecular weight excluding hydrogens is 244 g/mol. The molecular formula is C18H30N2. The van der Waals surface area contributed by atoms with Crippen molar-refractivity contribution in [1.29, 1.82) is 0 Å². The van der Waals surface area contributed by atoms with E-state index in [9.17, 15) is 0 Å². The maximum absolute atomic E-state index is 5.80. The van der Waals surface area contributed by atoms with Crippen molar-refractivity contribution in [3.8, 4) is 0 Å². The third kappa shape index (κ3) is 4.07. The van der Waals surface area contributed by atoms with E-state index in [0.29, 0.717) is 6.04 Å². The monoisotopic (exact) mass is 274 g/mol. The highest BCUT2D eigenvalue weighted by Gasteiger charge is 2.23.